The fourth-order valence-electron chi connectivity index (χ4n) is 3.39. The summed E-state index contributed by atoms with van der Waals surface area (Å²) in [6.45, 7) is 1.09. The van der Waals surface area contributed by atoms with Crippen molar-refractivity contribution in [2.24, 2.45) is 0 Å². The van der Waals surface area contributed by atoms with E-state index in [4.69, 9.17) is 9.15 Å². The summed E-state index contributed by atoms with van der Waals surface area (Å²) in [5.41, 5.74) is 0.620. The summed E-state index contributed by atoms with van der Waals surface area (Å²) >= 11 is 1.54. The molecule has 0 bridgehead atoms. The molecule has 1 aromatic carbocycles. The second-order valence-electron chi connectivity index (χ2n) is 6.55. The first-order valence-electron chi connectivity index (χ1n) is 9.01. The van der Waals surface area contributed by atoms with Crippen LogP contribution >= 0.6 is 11.3 Å². The molecule has 0 unspecified atom stereocenters. The minimum absolute atomic E-state index is 0.0239. The highest BCUT2D eigenvalue weighted by atomic mass is 32.1. The number of rotatable bonds is 4. The average molecular weight is 397 g/mol. The lowest BCUT2D eigenvalue weighted by atomic mass is 9.96. The number of piperidine rings is 1. The zero-order valence-corrected chi connectivity index (χ0v) is 16.1. The van der Waals surface area contributed by atoms with E-state index in [9.17, 15) is 9.59 Å². The second-order valence-corrected chi connectivity index (χ2v) is 7.50. The summed E-state index contributed by atoms with van der Waals surface area (Å²) in [6, 6.07) is 10.6. The normalized spacial score (nSPS) is 16.8. The van der Waals surface area contributed by atoms with Gasteiger partial charge in [-0.3, -0.25) is 4.79 Å². The Bertz CT molecular complexity index is 983. The van der Waals surface area contributed by atoms with Crippen LogP contribution in [0.15, 0.2) is 46.2 Å². The molecule has 1 aliphatic rings. The minimum atomic E-state index is -0.519. The van der Waals surface area contributed by atoms with Crippen molar-refractivity contribution in [3.05, 3.63) is 58.8 Å². The number of benzene rings is 1. The number of carbonyl (C=O) groups is 2. The smallest absolute Gasteiger partial charge is 0.338 e. The standard InChI is InChI=1S/C20H19N3O4S/c1-26-20(25)15-8-3-2-7-14(15)19(24)23-10-4-6-13(12-23)17-21-22-18(27-17)16-9-5-11-28-16/h2-3,5,7-9,11,13H,4,6,10,12H2,1H3/t13-/m1/s1. The number of methoxy groups -OCH3 is 1. The number of ether oxygens (including phenoxy) is 1. The van der Waals surface area contributed by atoms with Crippen molar-refractivity contribution in [1.82, 2.24) is 15.1 Å². The fraction of sp³-hybridized carbons (Fsp3) is 0.300. The number of esters is 1. The van der Waals surface area contributed by atoms with Gasteiger partial charge in [-0.25, -0.2) is 4.79 Å². The van der Waals surface area contributed by atoms with Crippen LogP contribution in [0.25, 0.3) is 10.8 Å². The van der Waals surface area contributed by atoms with Crippen LogP contribution in [0.1, 0.15) is 45.4 Å². The third-order valence-electron chi connectivity index (χ3n) is 4.79. The van der Waals surface area contributed by atoms with E-state index in [0.29, 0.717) is 30.4 Å². The Labute approximate surface area is 165 Å². The van der Waals surface area contributed by atoms with Crippen molar-refractivity contribution in [2.75, 3.05) is 20.2 Å². The Morgan fingerprint density at radius 3 is 2.75 bits per heavy atom. The molecule has 0 N–H and O–H groups in total. The Kier molecular flexibility index (Phi) is 5.21. The van der Waals surface area contributed by atoms with Gasteiger partial charge in [-0.15, -0.1) is 21.5 Å². The Balaban J connectivity index is 1.53. The Morgan fingerprint density at radius 2 is 2.00 bits per heavy atom. The molecular formula is C20H19N3O4S. The molecule has 3 aromatic rings. The van der Waals surface area contributed by atoms with Gasteiger partial charge < -0.3 is 14.1 Å². The number of amides is 1. The molecule has 144 valence electrons. The predicted molar refractivity (Wildman–Crippen MR) is 103 cm³/mol. The fourth-order valence-corrected chi connectivity index (χ4v) is 4.03. The van der Waals surface area contributed by atoms with Crippen LogP contribution in [-0.4, -0.2) is 47.2 Å². The first-order chi connectivity index (χ1) is 13.7. The Hall–Kier alpha value is -3.00. The summed E-state index contributed by atoms with van der Waals surface area (Å²) in [5, 5.41) is 10.3. The lowest BCUT2D eigenvalue weighted by Gasteiger charge is -2.31. The molecule has 0 saturated carbocycles. The van der Waals surface area contributed by atoms with E-state index >= 15 is 0 Å². The lowest BCUT2D eigenvalue weighted by Crippen LogP contribution is -2.39. The van der Waals surface area contributed by atoms with E-state index in [1.54, 1.807) is 40.5 Å². The maximum Gasteiger partial charge on any atom is 0.338 e. The molecule has 4 rings (SSSR count). The molecule has 0 radical (unpaired) electrons. The van der Waals surface area contributed by atoms with Gasteiger partial charge in [0.25, 0.3) is 11.8 Å². The number of nitrogens with zero attached hydrogens (tertiary/aromatic N) is 3. The molecule has 1 aliphatic heterocycles. The van der Waals surface area contributed by atoms with Crippen LogP contribution in [0.5, 0.6) is 0 Å². The van der Waals surface area contributed by atoms with Gasteiger partial charge in [0.15, 0.2) is 0 Å². The van der Waals surface area contributed by atoms with E-state index in [1.807, 2.05) is 17.5 Å². The average Bonchev–Trinajstić information content (AvgIpc) is 3.44. The summed E-state index contributed by atoms with van der Waals surface area (Å²) in [4.78, 5) is 27.7. The van der Waals surface area contributed by atoms with Gasteiger partial charge in [0.1, 0.15) is 0 Å². The highest BCUT2D eigenvalue weighted by molar-refractivity contribution is 7.13. The van der Waals surface area contributed by atoms with Gasteiger partial charge >= 0.3 is 5.97 Å². The number of thiophene rings is 1. The molecule has 1 amide bonds. The van der Waals surface area contributed by atoms with Gasteiger partial charge in [-0.1, -0.05) is 18.2 Å². The molecular weight excluding hydrogens is 378 g/mol. The van der Waals surface area contributed by atoms with Gasteiger partial charge in [-0.2, -0.15) is 0 Å². The van der Waals surface area contributed by atoms with Crippen LogP contribution in [0, 0.1) is 0 Å². The monoisotopic (exact) mass is 397 g/mol. The van der Waals surface area contributed by atoms with Crippen LogP contribution in [-0.2, 0) is 4.74 Å². The van der Waals surface area contributed by atoms with Crippen LogP contribution in [0.3, 0.4) is 0 Å². The second kappa shape index (κ2) is 7.93. The van der Waals surface area contributed by atoms with Crippen molar-refractivity contribution in [3.63, 3.8) is 0 Å². The molecule has 1 saturated heterocycles. The van der Waals surface area contributed by atoms with Crippen molar-refractivity contribution in [1.29, 1.82) is 0 Å². The van der Waals surface area contributed by atoms with Crippen molar-refractivity contribution in [2.45, 2.75) is 18.8 Å². The molecule has 0 spiro atoms. The van der Waals surface area contributed by atoms with Crippen LogP contribution in [0.2, 0.25) is 0 Å². The predicted octanol–water partition coefficient (Wildman–Crippen LogP) is 3.60. The molecule has 8 heteroatoms. The van der Waals surface area contributed by atoms with E-state index in [-0.39, 0.29) is 17.4 Å². The van der Waals surface area contributed by atoms with Crippen molar-refractivity contribution < 1.29 is 18.7 Å². The molecule has 1 atom stereocenters. The molecule has 28 heavy (non-hydrogen) atoms. The number of hydrogen-bond acceptors (Lipinski definition) is 7. The number of likely N-dealkylation sites (tertiary alicyclic amines) is 1. The highest BCUT2D eigenvalue weighted by Crippen LogP contribution is 2.30. The molecule has 0 aliphatic carbocycles. The molecule has 7 nitrogen and oxygen atoms in total. The number of hydrogen-bond donors (Lipinski definition) is 0. The first-order valence-corrected chi connectivity index (χ1v) is 9.89. The zero-order valence-electron chi connectivity index (χ0n) is 15.3. The molecule has 3 heterocycles. The van der Waals surface area contributed by atoms with E-state index in [2.05, 4.69) is 10.2 Å². The summed E-state index contributed by atoms with van der Waals surface area (Å²) < 4.78 is 10.7. The topological polar surface area (TPSA) is 85.5 Å². The third kappa shape index (κ3) is 3.55. The summed E-state index contributed by atoms with van der Waals surface area (Å²) in [7, 11) is 1.31. The lowest BCUT2D eigenvalue weighted by molar-refractivity contribution is 0.0585. The minimum Gasteiger partial charge on any atom is -0.465 e. The van der Waals surface area contributed by atoms with Gasteiger partial charge in [0.05, 0.1) is 29.0 Å². The summed E-state index contributed by atoms with van der Waals surface area (Å²) in [5.74, 6) is 0.314. The maximum absolute atomic E-state index is 13.1. The third-order valence-corrected chi connectivity index (χ3v) is 5.65. The molecule has 1 fully saturated rings. The number of carbonyl (C=O) groups excluding carboxylic acids is 2. The van der Waals surface area contributed by atoms with E-state index in [1.165, 1.54) is 7.11 Å². The van der Waals surface area contributed by atoms with Crippen molar-refractivity contribution in [3.8, 4) is 10.8 Å². The van der Waals surface area contributed by atoms with Gasteiger partial charge in [-0.05, 0) is 36.4 Å². The SMILES string of the molecule is COC(=O)c1ccccc1C(=O)N1CCC[C@@H](c2nnc(-c3cccs3)o2)C1. The largest absolute Gasteiger partial charge is 0.465 e. The number of aromatic nitrogens is 2. The quantitative estimate of drug-likeness (QED) is 0.625. The zero-order chi connectivity index (χ0) is 19.5. The van der Waals surface area contributed by atoms with Crippen LogP contribution in [0.4, 0.5) is 0 Å². The van der Waals surface area contributed by atoms with Gasteiger partial charge in [0, 0.05) is 13.1 Å². The highest BCUT2D eigenvalue weighted by Gasteiger charge is 2.30. The van der Waals surface area contributed by atoms with E-state index < -0.39 is 5.97 Å². The van der Waals surface area contributed by atoms with E-state index in [0.717, 1.165) is 17.7 Å². The molecule has 2 aromatic heterocycles. The summed E-state index contributed by atoms with van der Waals surface area (Å²) in [6.07, 6.45) is 1.70. The Morgan fingerprint density at radius 1 is 1.18 bits per heavy atom. The first kappa shape index (κ1) is 18.4. The van der Waals surface area contributed by atoms with Crippen molar-refractivity contribution >= 4 is 23.2 Å². The maximum atomic E-state index is 13.1. The van der Waals surface area contributed by atoms with Crippen LogP contribution < -0.4 is 0 Å². The van der Waals surface area contributed by atoms with Gasteiger partial charge in [0.2, 0.25) is 5.89 Å².